The molecule has 0 aromatic heterocycles. The van der Waals surface area contributed by atoms with E-state index in [-0.39, 0.29) is 17.9 Å². The highest BCUT2D eigenvalue weighted by Gasteiger charge is 2.42. The van der Waals surface area contributed by atoms with Crippen LogP contribution in [0.3, 0.4) is 0 Å². The highest BCUT2D eigenvalue weighted by Crippen LogP contribution is 2.47. The molecule has 0 saturated heterocycles. The fourth-order valence-corrected chi connectivity index (χ4v) is 3.51. The zero-order chi connectivity index (χ0) is 14.3. The Kier molecular flexibility index (Phi) is 3.28. The van der Waals surface area contributed by atoms with Crippen molar-refractivity contribution in [3.63, 3.8) is 0 Å². The van der Waals surface area contributed by atoms with Gasteiger partial charge in [-0.25, -0.2) is 4.79 Å². The lowest BCUT2D eigenvalue weighted by Crippen LogP contribution is -2.43. The Labute approximate surface area is 120 Å². The number of fused-ring (bicyclic) bond motifs is 3. The zero-order valence-electron chi connectivity index (χ0n) is 12.3. The van der Waals surface area contributed by atoms with Crippen LogP contribution in [0, 0.1) is 19.8 Å². The number of nitrogens with one attached hydrogen (secondary N) is 1. The van der Waals surface area contributed by atoms with Gasteiger partial charge in [0.2, 0.25) is 0 Å². The van der Waals surface area contributed by atoms with Crippen molar-refractivity contribution in [1.29, 1.82) is 0 Å². The summed E-state index contributed by atoms with van der Waals surface area (Å²) in [7, 11) is 0. The molecule has 0 unspecified atom stereocenters. The summed E-state index contributed by atoms with van der Waals surface area (Å²) >= 11 is 0. The van der Waals surface area contributed by atoms with Crippen molar-refractivity contribution in [3.8, 4) is 0 Å². The summed E-state index contributed by atoms with van der Waals surface area (Å²) in [6, 6.07) is 4.05. The van der Waals surface area contributed by atoms with E-state index < -0.39 is 0 Å². The van der Waals surface area contributed by atoms with Crippen molar-refractivity contribution in [2.75, 3.05) is 11.9 Å². The van der Waals surface area contributed by atoms with Crippen LogP contribution in [0.1, 0.15) is 36.0 Å². The van der Waals surface area contributed by atoms with Crippen LogP contribution in [0.25, 0.3) is 0 Å². The molecule has 0 fully saturated rings. The largest absolute Gasteiger partial charge is 0.464 e. The van der Waals surface area contributed by atoms with Gasteiger partial charge in [-0.15, -0.1) is 0 Å². The minimum atomic E-state index is -0.233. The highest BCUT2D eigenvalue weighted by atomic mass is 16.5. The molecule has 1 aromatic carbocycles. The number of carbonyl (C=O) groups excluding carboxylic acids is 1. The monoisotopic (exact) mass is 271 g/mol. The Morgan fingerprint density at radius 1 is 1.35 bits per heavy atom. The Morgan fingerprint density at radius 3 is 2.85 bits per heavy atom. The minimum Gasteiger partial charge on any atom is -0.464 e. The topological polar surface area (TPSA) is 38.3 Å². The molecule has 0 amide bonds. The van der Waals surface area contributed by atoms with Crippen LogP contribution in [0.4, 0.5) is 5.69 Å². The van der Waals surface area contributed by atoms with Crippen molar-refractivity contribution in [2.24, 2.45) is 5.92 Å². The van der Waals surface area contributed by atoms with Gasteiger partial charge in [0.15, 0.2) is 0 Å². The number of benzene rings is 1. The molecule has 1 aliphatic heterocycles. The molecule has 1 N–H and O–H groups in total. The summed E-state index contributed by atoms with van der Waals surface area (Å²) in [4.78, 5) is 12.2. The van der Waals surface area contributed by atoms with Crippen LogP contribution in [0.15, 0.2) is 24.3 Å². The molecule has 1 aromatic rings. The summed E-state index contributed by atoms with van der Waals surface area (Å²) in [5, 5.41) is 3.45. The van der Waals surface area contributed by atoms with E-state index in [1.54, 1.807) is 0 Å². The molecule has 2 aliphatic rings. The van der Waals surface area contributed by atoms with E-state index in [4.69, 9.17) is 4.74 Å². The summed E-state index contributed by atoms with van der Waals surface area (Å²) in [6.07, 6.45) is 5.39. The summed E-state index contributed by atoms with van der Waals surface area (Å²) < 4.78 is 5.25. The summed E-state index contributed by atoms with van der Waals surface area (Å²) in [5.74, 6) is 0.486. The third kappa shape index (κ3) is 1.92. The summed E-state index contributed by atoms with van der Waals surface area (Å²) in [5.41, 5.74) is 4.96. The fourth-order valence-electron chi connectivity index (χ4n) is 3.51. The van der Waals surface area contributed by atoms with E-state index in [2.05, 4.69) is 43.4 Å². The number of aryl methyl sites for hydroxylation is 2. The van der Waals surface area contributed by atoms with Gasteiger partial charge in [0, 0.05) is 17.5 Å². The van der Waals surface area contributed by atoms with Gasteiger partial charge in [0.25, 0.3) is 0 Å². The van der Waals surface area contributed by atoms with E-state index in [1.165, 1.54) is 16.7 Å². The van der Waals surface area contributed by atoms with Crippen LogP contribution < -0.4 is 5.32 Å². The molecule has 0 saturated carbocycles. The second kappa shape index (κ2) is 4.97. The van der Waals surface area contributed by atoms with E-state index in [1.807, 2.05) is 6.92 Å². The maximum Gasteiger partial charge on any atom is 0.328 e. The molecular weight excluding hydrogens is 250 g/mol. The third-order valence-corrected chi connectivity index (χ3v) is 4.49. The van der Waals surface area contributed by atoms with Gasteiger partial charge < -0.3 is 10.1 Å². The van der Waals surface area contributed by atoms with E-state index in [9.17, 15) is 4.79 Å². The van der Waals surface area contributed by atoms with Crippen molar-refractivity contribution >= 4 is 11.7 Å². The summed E-state index contributed by atoms with van der Waals surface area (Å²) in [6.45, 7) is 6.52. The smallest absolute Gasteiger partial charge is 0.328 e. The first-order chi connectivity index (χ1) is 9.63. The van der Waals surface area contributed by atoms with Crippen molar-refractivity contribution in [1.82, 2.24) is 0 Å². The molecule has 3 atom stereocenters. The Hall–Kier alpha value is -1.77. The van der Waals surface area contributed by atoms with Gasteiger partial charge in [-0.2, -0.15) is 0 Å². The van der Waals surface area contributed by atoms with Crippen LogP contribution in [-0.4, -0.2) is 18.6 Å². The van der Waals surface area contributed by atoms with Gasteiger partial charge >= 0.3 is 5.97 Å². The van der Waals surface area contributed by atoms with Crippen LogP contribution in [-0.2, 0) is 9.53 Å². The van der Waals surface area contributed by atoms with Gasteiger partial charge in [0.05, 0.1) is 6.61 Å². The molecule has 3 nitrogen and oxygen atoms in total. The van der Waals surface area contributed by atoms with E-state index >= 15 is 0 Å². The van der Waals surface area contributed by atoms with Crippen molar-refractivity contribution in [3.05, 3.63) is 41.0 Å². The number of hydrogen-bond donors (Lipinski definition) is 1. The molecule has 1 aliphatic carbocycles. The number of allylic oxidation sites excluding steroid dienone is 2. The number of rotatable bonds is 2. The molecule has 106 valence electrons. The number of anilines is 1. The second-order valence-corrected chi connectivity index (χ2v) is 5.72. The van der Waals surface area contributed by atoms with Crippen LogP contribution in [0.5, 0.6) is 0 Å². The molecule has 0 bridgehead atoms. The molecule has 20 heavy (non-hydrogen) atoms. The van der Waals surface area contributed by atoms with E-state index in [0.29, 0.717) is 12.5 Å². The fraction of sp³-hybridized carbons (Fsp3) is 0.471. The van der Waals surface area contributed by atoms with Gasteiger partial charge in [-0.1, -0.05) is 24.3 Å². The highest BCUT2D eigenvalue weighted by molar-refractivity contribution is 5.83. The zero-order valence-corrected chi connectivity index (χ0v) is 12.3. The Morgan fingerprint density at radius 2 is 2.10 bits per heavy atom. The van der Waals surface area contributed by atoms with Gasteiger partial charge in [-0.3, -0.25) is 0 Å². The van der Waals surface area contributed by atoms with Gasteiger partial charge in [0.1, 0.15) is 6.04 Å². The molecule has 3 rings (SSSR count). The lowest BCUT2D eigenvalue weighted by Gasteiger charge is -2.37. The number of hydrogen-bond acceptors (Lipinski definition) is 3. The Balaban J connectivity index is 2.05. The third-order valence-electron chi connectivity index (χ3n) is 4.49. The average Bonchev–Trinajstić information content (AvgIpc) is 2.91. The van der Waals surface area contributed by atoms with Crippen molar-refractivity contribution in [2.45, 2.75) is 39.2 Å². The maximum absolute atomic E-state index is 12.2. The molecule has 0 spiro atoms. The van der Waals surface area contributed by atoms with E-state index in [0.717, 1.165) is 12.1 Å². The minimum absolute atomic E-state index is 0.127. The lowest BCUT2D eigenvalue weighted by molar-refractivity contribution is -0.145. The maximum atomic E-state index is 12.2. The number of esters is 1. The first-order valence-corrected chi connectivity index (χ1v) is 7.33. The molecular formula is C17H21NO2. The average molecular weight is 271 g/mol. The molecule has 1 heterocycles. The second-order valence-electron chi connectivity index (χ2n) is 5.72. The number of carbonyl (C=O) groups is 1. The number of ether oxygens (including phenoxy) is 1. The predicted octanol–water partition coefficient (Wildman–Crippen LogP) is 3.32. The standard InChI is InChI=1S/C17H21NO2/c1-4-20-17(19)16-13-7-5-6-12(13)14-10(2)8-9-11(3)15(14)18-16/h5-6,8-9,12-13,16,18H,4,7H2,1-3H3/t12-,13+,16-/m0/s1. The Bertz CT molecular complexity index is 577. The van der Waals surface area contributed by atoms with Gasteiger partial charge in [-0.05, 0) is 43.9 Å². The molecule has 3 heteroatoms. The van der Waals surface area contributed by atoms with Crippen LogP contribution in [0.2, 0.25) is 0 Å². The lowest BCUT2D eigenvalue weighted by atomic mass is 9.77. The quantitative estimate of drug-likeness (QED) is 0.662. The van der Waals surface area contributed by atoms with Crippen molar-refractivity contribution < 1.29 is 9.53 Å². The first-order valence-electron chi connectivity index (χ1n) is 7.33. The molecule has 0 radical (unpaired) electrons. The predicted molar refractivity (Wildman–Crippen MR) is 79.9 cm³/mol. The first kappa shape index (κ1) is 13.2. The SMILES string of the molecule is CCOC(=O)[C@H]1Nc2c(C)ccc(C)c2[C@H]2C=CC[C@@H]12. The van der Waals surface area contributed by atoms with Crippen LogP contribution >= 0.6 is 0 Å². The normalized spacial score (nSPS) is 26.6.